The number of benzene rings is 1. The fourth-order valence-corrected chi connectivity index (χ4v) is 3.61. The number of amides is 1. The van der Waals surface area contributed by atoms with Gasteiger partial charge in [0, 0.05) is 44.2 Å². The van der Waals surface area contributed by atoms with Crippen molar-refractivity contribution in [1.82, 2.24) is 4.90 Å². The summed E-state index contributed by atoms with van der Waals surface area (Å²) in [6.45, 7) is 3.79. The molecule has 1 unspecified atom stereocenters. The second-order valence-electron chi connectivity index (χ2n) is 6.18. The van der Waals surface area contributed by atoms with Crippen LogP contribution in [0.25, 0.3) is 0 Å². The van der Waals surface area contributed by atoms with E-state index in [9.17, 15) is 4.79 Å². The van der Waals surface area contributed by atoms with Crippen LogP contribution in [0.15, 0.2) is 24.3 Å². The lowest BCUT2D eigenvalue weighted by atomic mass is 10.1. The molecule has 3 rings (SSSR count). The highest BCUT2D eigenvalue weighted by molar-refractivity contribution is 6.18. The summed E-state index contributed by atoms with van der Waals surface area (Å²) in [7, 11) is 0. The van der Waals surface area contributed by atoms with Gasteiger partial charge in [0.05, 0.1) is 0 Å². The zero-order chi connectivity index (χ0) is 14.7. The third-order valence-electron chi connectivity index (χ3n) is 4.56. The van der Waals surface area contributed by atoms with Gasteiger partial charge in [0.1, 0.15) is 0 Å². The van der Waals surface area contributed by atoms with E-state index in [1.165, 1.54) is 30.5 Å². The Morgan fingerprint density at radius 1 is 1.14 bits per heavy atom. The quantitative estimate of drug-likeness (QED) is 0.797. The molecule has 2 aliphatic heterocycles. The molecule has 4 heteroatoms. The van der Waals surface area contributed by atoms with Crippen LogP contribution in [-0.4, -0.2) is 36.3 Å². The predicted octanol–water partition coefficient (Wildman–Crippen LogP) is 3.26. The molecule has 0 saturated carbocycles. The van der Waals surface area contributed by atoms with Crippen molar-refractivity contribution >= 4 is 23.2 Å². The lowest BCUT2D eigenvalue weighted by Crippen LogP contribution is -2.32. The van der Waals surface area contributed by atoms with Crippen LogP contribution in [0.4, 0.5) is 5.69 Å². The molecule has 2 fully saturated rings. The molecule has 3 nitrogen and oxygen atoms in total. The number of anilines is 1. The predicted molar refractivity (Wildman–Crippen MR) is 86.8 cm³/mol. The second-order valence-corrected chi connectivity index (χ2v) is 6.48. The van der Waals surface area contributed by atoms with Crippen molar-refractivity contribution in [2.24, 2.45) is 5.92 Å². The number of piperidine rings is 1. The molecule has 0 bridgehead atoms. The minimum Gasteiger partial charge on any atom is -0.371 e. The SMILES string of the molecule is O=C1CC(CCl)CN1Cc1ccccc1N1CCCCC1. The van der Waals surface area contributed by atoms with E-state index >= 15 is 0 Å². The Morgan fingerprint density at radius 2 is 1.90 bits per heavy atom. The summed E-state index contributed by atoms with van der Waals surface area (Å²) in [5.74, 6) is 1.14. The molecular formula is C17H23ClN2O. The molecule has 0 aromatic heterocycles. The summed E-state index contributed by atoms with van der Waals surface area (Å²) in [5.41, 5.74) is 2.57. The van der Waals surface area contributed by atoms with Crippen molar-refractivity contribution in [2.45, 2.75) is 32.2 Å². The molecule has 0 radical (unpaired) electrons. The molecule has 0 N–H and O–H groups in total. The number of hydrogen-bond acceptors (Lipinski definition) is 2. The van der Waals surface area contributed by atoms with E-state index in [0.29, 0.717) is 18.2 Å². The van der Waals surface area contributed by atoms with Crippen molar-refractivity contribution < 1.29 is 4.79 Å². The van der Waals surface area contributed by atoms with Crippen molar-refractivity contribution in [2.75, 3.05) is 30.4 Å². The van der Waals surface area contributed by atoms with Gasteiger partial charge in [0.25, 0.3) is 0 Å². The molecular weight excluding hydrogens is 284 g/mol. The van der Waals surface area contributed by atoms with E-state index in [1.807, 2.05) is 4.90 Å². The van der Waals surface area contributed by atoms with E-state index in [1.54, 1.807) is 0 Å². The Balaban J connectivity index is 1.74. The summed E-state index contributed by atoms with van der Waals surface area (Å²) < 4.78 is 0. The first kappa shape index (κ1) is 14.7. The van der Waals surface area contributed by atoms with Gasteiger partial charge >= 0.3 is 0 Å². The molecule has 2 heterocycles. The molecule has 2 aliphatic rings. The van der Waals surface area contributed by atoms with E-state index in [-0.39, 0.29) is 5.91 Å². The number of para-hydroxylation sites is 1. The van der Waals surface area contributed by atoms with Crippen LogP contribution in [0.5, 0.6) is 0 Å². The van der Waals surface area contributed by atoms with Crippen molar-refractivity contribution in [3.63, 3.8) is 0 Å². The largest absolute Gasteiger partial charge is 0.371 e. The molecule has 114 valence electrons. The van der Waals surface area contributed by atoms with E-state index < -0.39 is 0 Å². The Morgan fingerprint density at radius 3 is 2.62 bits per heavy atom. The van der Waals surface area contributed by atoms with E-state index in [2.05, 4.69) is 29.2 Å². The summed E-state index contributed by atoms with van der Waals surface area (Å²) in [5, 5.41) is 0. The highest BCUT2D eigenvalue weighted by Gasteiger charge is 2.29. The van der Waals surface area contributed by atoms with Crippen LogP contribution >= 0.6 is 11.6 Å². The molecule has 2 saturated heterocycles. The normalized spacial score (nSPS) is 22.9. The van der Waals surface area contributed by atoms with Gasteiger partial charge in [-0.25, -0.2) is 0 Å². The Bertz CT molecular complexity index is 499. The van der Waals surface area contributed by atoms with Crippen LogP contribution in [-0.2, 0) is 11.3 Å². The van der Waals surface area contributed by atoms with Gasteiger partial charge in [-0.3, -0.25) is 4.79 Å². The first-order valence-electron chi connectivity index (χ1n) is 7.94. The first-order valence-corrected chi connectivity index (χ1v) is 8.48. The standard InChI is InChI=1S/C17H23ClN2O/c18-11-14-10-17(21)20(12-14)13-15-6-2-3-7-16(15)19-8-4-1-5-9-19/h2-3,6-7,14H,1,4-5,8-13H2. The Hall–Kier alpha value is -1.22. The van der Waals surface area contributed by atoms with Crippen LogP contribution in [0.3, 0.4) is 0 Å². The molecule has 1 atom stereocenters. The fourth-order valence-electron chi connectivity index (χ4n) is 3.40. The van der Waals surface area contributed by atoms with E-state index in [0.717, 1.165) is 26.2 Å². The lowest BCUT2D eigenvalue weighted by molar-refractivity contribution is -0.128. The zero-order valence-corrected chi connectivity index (χ0v) is 13.2. The summed E-state index contributed by atoms with van der Waals surface area (Å²) in [6.07, 6.45) is 4.48. The number of carbonyl (C=O) groups is 1. The first-order chi connectivity index (χ1) is 10.3. The fraction of sp³-hybridized carbons (Fsp3) is 0.588. The molecule has 1 aromatic rings. The lowest BCUT2D eigenvalue weighted by Gasteiger charge is -2.31. The van der Waals surface area contributed by atoms with Crippen LogP contribution in [0.1, 0.15) is 31.2 Å². The van der Waals surface area contributed by atoms with Gasteiger partial charge in [0.15, 0.2) is 0 Å². The smallest absolute Gasteiger partial charge is 0.223 e. The number of rotatable bonds is 4. The maximum Gasteiger partial charge on any atom is 0.223 e. The Labute approximate surface area is 131 Å². The summed E-state index contributed by atoms with van der Waals surface area (Å²) >= 11 is 5.91. The number of alkyl halides is 1. The van der Waals surface area contributed by atoms with Crippen molar-refractivity contribution in [3.05, 3.63) is 29.8 Å². The highest BCUT2D eigenvalue weighted by Crippen LogP contribution is 2.28. The third-order valence-corrected chi connectivity index (χ3v) is 5.00. The molecule has 1 aromatic carbocycles. The van der Waals surface area contributed by atoms with Gasteiger partial charge < -0.3 is 9.80 Å². The van der Waals surface area contributed by atoms with Gasteiger partial charge in [0.2, 0.25) is 5.91 Å². The number of likely N-dealkylation sites (tertiary alicyclic amines) is 1. The zero-order valence-electron chi connectivity index (χ0n) is 12.4. The minimum absolute atomic E-state index is 0.245. The average molecular weight is 307 g/mol. The number of halogens is 1. The van der Waals surface area contributed by atoms with Gasteiger partial charge in [-0.05, 0) is 36.8 Å². The minimum atomic E-state index is 0.245. The molecule has 21 heavy (non-hydrogen) atoms. The van der Waals surface area contributed by atoms with Crippen LogP contribution in [0, 0.1) is 5.92 Å². The maximum atomic E-state index is 12.1. The van der Waals surface area contributed by atoms with E-state index in [4.69, 9.17) is 11.6 Å². The number of hydrogen-bond donors (Lipinski definition) is 0. The molecule has 0 spiro atoms. The maximum absolute atomic E-state index is 12.1. The number of nitrogens with zero attached hydrogens (tertiary/aromatic N) is 2. The van der Waals surface area contributed by atoms with Gasteiger partial charge in [-0.2, -0.15) is 0 Å². The summed E-state index contributed by atoms with van der Waals surface area (Å²) in [6, 6.07) is 8.52. The molecule has 1 amide bonds. The Kier molecular flexibility index (Phi) is 4.69. The topological polar surface area (TPSA) is 23.6 Å². The van der Waals surface area contributed by atoms with Crippen LogP contribution in [0.2, 0.25) is 0 Å². The van der Waals surface area contributed by atoms with Crippen molar-refractivity contribution in [1.29, 1.82) is 0 Å². The third kappa shape index (κ3) is 3.34. The number of carbonyl (C=O) groups excluding carboxylic acids is 1. The second kappa shape index (κ2) is 6.69. The van der Waals surface area contributed by atoms with Crippen molar-refractivity contribution in [3.8, 4) is 0 Å². The summed E-state index contributed by atoms with van der Waals surface area (Å²) in [4.78, 5) is 16.5. The average Bonchev–Trinajstić information content (AvgIpc) is 2.89. The van der Waals surface area contributed by atoms with Crippen LogP contribution < -0.4 is 4.90 Å². The highest BCUT2D eigenvalue weighted by atomic mass is 35.5. The monoisotopic (exact) mass is 306 g/mol. The van der Waals surface area contributed by atoms with Gasteiger partial charge in [-0.1, -0.05) is 18.2 Å². The van der Waals surface area contributed by atoms with Gasteiger partial charge in [-0.15, -0.1) is 11.6 Å². The molecule has 0 aliphatic carbocycles.